The average molecular weight is 440 g/mol. The van der Waals surface area contributed by atoms with E-state index in [0.717, 1.165) is 0 Å². The Morgan fingerprint density at radius 3 is 2.58 bits per heavy atom. The van der Waals surface area contributed by atoms with Crippen molar-refractivity contribution >= 4 is 40.6 Å². The number of ether oxygens (including phenoxy) is 3. The molecule has 31 heavy (non-hydrogen) atoms. The van der Waals surface area contributed by atoms with Gasteiger partial charge in [-0.1, -0.05) is 17.7 Å². The maximum atomic E-state index is 12.7. The van der Waals surface area contributed by atoms with Gasteiger partial charge in [0.2, 0.25) is 0 Å². The minimum absolute atomic E-state index is 0.268. The summed E-state index contributed by atoms with van der Waals surface area (Å²) in [6.07, 6.45) is 0. The monoisotopic (exact) mass is 439 g/mol. The number of amides is 3. The summed E-state index contributed by atoms with van der Waals surface area (Å²) in [5, 5.41) is 8.64. The minimum atomic E-state index is -0.517. The lowest BCUT2D eigenvalue weighted by Gasteiger charge is -2.14. The fourth-order valence-electron chi connectivity index (χ4n) is 3.14. The second-order valence-electron chi connectivity index (χ2n) is 6.53. The molecule has 158 valence electrons. The van der Waals surface area contributed by atoms with Gasteiger partial charge in [-0.25, -0.2) is 4.79 Å². The summed E-state index contributed by atoms with van der Waals surface area (Å²) < 4.78 is 16.4. The van der Waals surface area contributed by atoms with Crippen molar-refractivity contribution in [2.45, 2.75) is 0 Å². The highest BCUT2D eigenvalue weighted by molar-refractivity contribution is 6.31. The molecule has 9 heteroatoms. The molecule has 0 radical (unpaired) electrons. The van der Waals surface area contributed by atoms with Crippen LogP contribution in [0.4, 0.5) is 21.9 Å². The molecule has 0 saturated carbocycles. The first-order chi connectivity index (χ1) is 15.0. The highest BCUT2D eigenvalue weighted by Gasteiger charge is 2.22. The number of fused-ring (bicyclic) bond motifs is 2. The van der Waals surface area contributed by atoms with E-state index in [0.29, 0.717) is 45.1 Å². The summed E-state index contributed by atoms with van der Waals surface area (Å²) in [4.78, 5) is 25.2. The molecule has 3 N–H and O–H groups in total. The van der Waals surface area contributed by atoms with Gasteiger partial charge in [0.25, 0.3) is 5.91 Å². The molecule has 1 aliphatic heterocycles. The molecular weight excluding hydrogens is 422 g/mol. The van der Waals surface area contributed by atoms with E-state index >= 15 is 0 Å². The van der Waals surface area contributed by atoms with Gasteiger partial charge in [-0.3, -0.25) is 4.79 Å². The van der Waals surface area contributed by atoms with Crippen LogP contribution in [0.1, 0.15) is 10.4 Å². The first-order valence-electron chi connectivity index (χ1n) is 9.20. The number of nitrogens with one attached hydrogen (secondary N) is 3. The van der Waals surface area contributed by atoms with Gasteiger partial charge in [0.15, 0.2) is 17.2 Å². The Labute approximate surface area is 183 Å². The summed E-state index contributed by atoms with van der Waals surface area (Å²) in [5.41, 5.74) is 1.57. The number of benzene rings is 3. The van der Waals surface area contributed by atoms with Crippen LogP contribution in [-0.2, 0) is 0 Å². The second-order valence-corrected chi connectivity index (χ2v) is 6.96. The number of carbonyl (C=O) groups is 2. The molecule has 0 aliphatic carbocycles. The summed E-state index contributed by atoms with van der Waals surface area (Å²) >= 11 is 6.00. The highest BCUT2D eigenvalue weighted by atomic mass is 35.5. The van der Waals surface area contributed by atoms with Crippen LogP contribution in [0.2, 0.25) is 5.02 Å². The Hall–Kier alpha value is -3.91. The van der Waals surface area contributed by atoms with E-state index in [1.165, 1.54) is 20.3 Å². The molecule has 1 aliphatic rings. The summed E-state index contributed by atoms with van der Waals surface area (Å²) in [5.74, 6) is 1.33. The first-order valence-corrected chi connectivity index (χ1v) is 9.58. The third-order valence-corrected chi connectivity index (χ3v) is 4.78. The lowest BCUT2D eigenvalue weighted by molar-refractivity contribution is 0.102. The molecule has 0 saturated heterocycles. The Balaban J connectivity index is 1.54. The summed E-state index contributed by atoms with van der Waals surface area (Å²) in [6.45, 7) is 0. The zero-order valence-electron chi connectivity index (χ0n) is 16.6. The third-order valence-electron chi connectivity index (χ3n) is 4.54. The van der Waals surface area contributed by atoms with Crippen molar-refractivity contribution in [2.75, 3.05) is 30.2 Å². The summed E-state index contributed by atoms with van der Waals surface area (Å²) in [7, 11) is 2.99. The molecule has 1 heterocycles. The van der Waals surface area contributed by atoms with E-state index in [9.17, 15) is 9.59 Å². The van der Waals surface area contributed by atoms with Crippen molar-refractivity contribution < 1.29 is 23.8 Å². The third kappa shape index (κ3) is 4.19. The average Bonchev–Trinajstić information content (AvgIpc) is 2.89. The molecule has 3 aromatic carbocycles. The van der Waals surface area contributed by atoms with E-state index in [4.69, 9.17) is 25.8 Å². The molecule has 0 atom stereocenters. The fourth-order valence-corrected chi connectivity index (χ4v) is 3.31. The van der Waals surface area contributed by atoms with E-state index in [-0.39, 0.29) is 11.5 Å². The maximum absolute atomic E-state index is 12.7. The number of halogens is 1. The number of hydrogen-bond acceptors (Lipinski definition) is 5. The Kier molecular flexibility index (Phi) is 5.55. The van der Waals surface area contributed by atoms with Gasteiger partial charge < -0.3 is 30.2 Å². The molecule has 8 nitrogen and oxygen atoms in total. The predicted octanol–water partition coefficient (Wildman–Crippen LogP) is 5.36. The molecule has 0 unspecified atom stereocenters. The van der Waals surface area contributed by atoms with Crippen molar-refractivity contribution in [3.05, 3.63) is 65.2 Å². The van der Waals surface area contributed by atoms with Crippen LogP contribution >= 0.6 is 11.6 Å². The lowest BCUT2D eigenvalue weighted by Crippen LogP contribution is -2.20. The normalized spacial score (nSPS) is 11.8. The van der Waals surface area contributed by atoms with Crippen LogP contribution in [0, 0.1) is 0 Å². The van der Waals surface area contributed by atoms with Crippen LogP contribution < -0.4 is 30.2 Å². The zero-order chi connectivity index (χ0) is 22.0. The minimum Gasteiger partial charge on any atom is -0.493 e. The van der Waals surface area contributed by atoms with Gasteiger partial charge in [0.1, 0.15) is 5.75 Å². The Morgan fingerprint density at radius 1 is 1.00 bits per heavy atom. The molecular formula is C22H18ClN3O5. The van der Waals surface area contributed by atoms with Crippen molar-refractivity contribution in [3.8, 4) is 23.0 Å². The van der Waals surface area contributed by atoms with Gasteiger partial charge in [-0.2, -0.15) is 0 Å². The van der Waals surface area contributed by atoms with Crippen molar-refractivity contribution in [3.63, 3.8) is 0 Å². The maximum Gasteiger partial charge on any atom is 0.323 e. The second kappa shape index (κ2) is 8.45. The smallest absolute Gasteiger partial charge is 0.323 e. The molecule has 3 aromatic rings. The largest absolute Gasteiger partial charge is 0.493 e. The SMILES string of the molecule is COc1cccc(NC(=O)Nc2ccc3c(c2)C(=O)Nc2cc(Cl)ccc2O3)c1OC. The molecule has 0 spiro atoms. The molecule has 0 fully saturated rings. The number of urea groups is 1. The molecule has 0 bridgehead atoms. The van der Waals surface area contributed by atoms with Gasteiger partial charge in [-0.15, -0.1) is 0 Å². The van der Waals surface area contributed by atoms with Gasteiger partial charge >= 0.3 is 6.03 Å². The number of rotatable bonds is 4. The fraction of sp³-hybridized carbons (Fsp3) is 0.0909. The zero-order valence-corrected chi connectivity index (χ0v) is 17.4. The summed E-state index contributed by atoms with van der Waals surface area (Å²) in [6, 6.07) is 14.3. The Morgan fingerprint density at radius 2 is 1.81 bits per heavy atom. The van der Waals surface area contributed by atoms with Crippen LogP contribution in [0.5, 0.6) is 23.0 Å². The molecule has 0 aromatic heterocycles. The number of para-hydroxylation sites is 1. The van der Waals surface area contributed by atoms with E-state index in [1.54, 1.807) is 48.5 Å². The van der Waals surface area contributed by atoms with E-state index in [1.807, 2.05) is 0 Å². The number of hydrogen-bond donors (Lipinski definition) is 3. The Bertz CT molecular complexity index is 1180. The first kappa shape index (κ1) is 20.4. The standard InChI is InChI=1S/C22H18ClN3O5/c1-29-19-5-3-4-15(20(19)30-2)26-22(28)24-13-7-9-17-14(11-13)21(27)25-16-10-12(23)6-8-18(16)31-17/h3-11H,1-2H3,(H,25,27)(H2,24,26,28). The van der Waals surface area contributed by atoms with Crippen LogP contribution in [0.15, 0.2) is 54.6 Å². The van der Waals surface area contributed by atoms with Gasteiger partial charge in [0, 0.05) is 10.7 Å². The van der Waals surface area contributed by atoms with E-state index < -0.39 is 6.03 Å². The van der Waals surface area contributed by atoms with Gasteiger partial charge in [-0.05, 0) is 48.5 Å². The quantitative estimate of drug-likeness (QED) is 0.508. The van der Waals surface area contributed by atoms with Crippen molar-refractivity contribution in [1.82, 2.24) is 0 Å². The number of carbonyl (C=O) groups excluding carboxylic acids is 2. The number of anilines is 3. The molecule has 3 amide bonds. The topological polar surface area (TPSA) is 97.9 Å². The lowest BCUT2D eigenvalue weighted by atomic mass is 10.1. The highest BCUT2D eigenvalue weighted by Crippen LogP contribution is 2.38. The van der Waals surface area contributed by atoms with Crippen molar-refractivity contribution in [2.24, 2.45) is 0 Å². The van der Waals surface area contributed by atoms with Crippen LogP contribution in [0.25, 0.3) is 0 Å². The van der Waals surface area contributed by atoms with Crippen LogP contribution in [0.3, 0.4) is 0 Å². The van der Waals surface area contributed by atoms with Crippen LogP contribution in [-0.4, -0.2) is 26.2 Å². The predicted molar refractivity (Wildman–Crippen MR) is 118 cm³/mol. The van der Waals surface area contributed by atoms with E-state index in [2.05, 4.69) is 16.0 Å². The van der Waals surface area contributed by atoms with Crippen molar-refractivity contribution in [1.29, 1.82) is 0 Å². The number of methoxy groups -OCH3 is 2. The molecule has 4 rings (SSSR count). The van der Waals surface area contributed by atoms with Gasteiger partial charge in [0.05, 0.1) is 31.2 Å².